The number of nitrogens with one attached hydrogen (secondary N) is 2. The molecular formula is C24H23N5O3. The molecule has 0 unspecified atom stereocenters. The molecule has 162 valence electrons. The third-order valence-corrected chi connectivity index (χ3v) is 5.31. The highest BCUT2D eigenvalue weighted by atomic mass is 16.3. The van der Waals surface area contributed by atoms with Crippen LogP contribution in [0.1, 0.15) is 18.1 Å². The summed E-state index contributed by atoms with van der Waals surface area (Å²) in [5.41, 5.74) is 4.24. The predicted molar refractivity (Wildman–Crippen MR) is 124 cm³/mol. The zero-order valence-electron chi connectivity index (χ0n) is 17.8. The summed E-state index contributed by atoms with van der Waals surface area (Å²) in [4.78, 5) is 23.9. The maximum atomic E-state index is 12.7. The third kappa shape index (κ3) is 3.94. The Labute approximate surface area is 184 Å². The molecule has 2 heterocycles. The van der Waals surface area contributed by atoms with Crippen molar-refractivity contribution in [1.82, 2.24) is 8.97 Å². The Balaban J connectivity index is 1.63. The van der Waals surface area contributed by atoms with Crippen LogP contribution in [-0.2, 0) is 11.3 Å². The van der Waals surface area contributed by atoms with Crippen molar-refractivity contribution in [3.8, 4) is 6.07 Å². The van der Waals surface area contributed by atoms with Gasteiger partial charge < -0.3 is 20.3 Å². The number of anilines is 2. The normalized spacial score (nSPS) is 11.9. The van der Waals surface area contributed by atoms with Crippen LogP contribution in [0.3, 0.4) is 0 Å². The van der Waals surface area contributed by atoms with E-state index >= 15 is 0 Å². The Morgan fingerprint density at radius 3 is 2.44 bits per heavy atom. The average molecular weight is 429 g/mol. The van der Waals surface area contributed by atoms with E-state index in [1.54, 1.807) is 19.1 Å². The topological polar surface area (TPSA) is 112 Å². The number of hydrogen-bond acceptors (Lipinski definition) is 5. The largest absolute Gasteiger partial charge is 0.389 e. The first kappa shape index (κ1) is 21.2. The van der Waals surface area contributed by atoms with Gasteiger partial charge in [0.2, 0.25) is 5.91 Å². The fraction of sp³-hybridized carbons (Fsp3) is 0.208. The first-order chi connectivity index (χ1) is 15.4. The van der Waals surface area contributed by atoms with Crippen LogP contribution in [0.25, 0.3) is 16.7 Å². The molecule has 0 spiro atoms. The van der Waals surface area contributed by atoms with Crippen LogP contribution in [0.15, 0.2) is 59.4 Å². The van der Waals surface area contributed by atoms with Crippen LogP contribution in [0.2, 0.25) is 0 Å². The van der Waals surface area contributed by atoms with Gasteiger partial charge in [-0.1, -0.05) is 12.1 Å². The molecule has 0 fully saturated rings. The number of para-hydroxylation sites is 2. The number of rotatable bonds is 6. The molecule has 0 saturated heterocycles. The second-order valence-electron chi connectivity index (χ2n) is 7.70. The van der Waals surface area contributed by atoms with Crippen molar-refractivity contribution >= 4 is 34.0 Å². The van der Waals surface area contributed by atoms with E-state index in [0.29, 0.717) is 28.0 Å². The summed E-state index contributed by atoms with van der Waals surface area (Å²) in [6.45, 7) is 3.65. The number of imidazole rings is 1. The van der Waals surface area contributed by atoms with Crippen molar-refractivity contribution in [2.75, 3.05) is 17.2 Å². The molecule has 4 aromatic rings. The second-order valence-corrected chi connectivity index (χ2v) is 7.70. The number of amides is 1. The SMILES string of the molecule is CC(=O)Nc1ccc(NC[C@H](O)Cn2c3ccccc3n3c(=O)cc(C)c(C#N)c23)cc1. The lowest BCUT2D eigenvalue weighted by Crippen LogP contribution is -2.25. The van der Waals surface area contributed by atoms with Crippen molar-refractivity contribution < 1.29 is 9.90 Å². The standard InChI is InChI=1S/C24H23N5O3/c1-15-11-23(32)29-22-6-4-3-5-21(22)28(24(29)20(15)12-25)14-19(31)13-26-17-7-9-18(10-8-17)27-16(2)30/h3-11,19,26,31H,13-14H2,1-2H3,(H,27,30)/t19-/m0/s1. The number of fused-ring (bicyclic) bond motifs is 3. The Hall–Kier alpha value is -4.09. The summed E-state index contributed by atoms with van der Waals surface area (Å²) in [6, 6.07) is 18.3. The summed E-state index contributed by atoms with van der Waals surface area (Å²) in [7, 11) is 0. The highest BCUT2D eigenvalue weighted by Gasteiger charge is 2.19. The molecule has 1 atom stereocenters. The van der Waals surface area contributed by atoms with Gasteiger partial charge >= 0.3 is 0 Å². The maximum Gasteiger partial charge on any atom is 0.257 e. The van der Waals surface area contributed by atoms with Gasteiger partial charge in [0, 0.05) is 30.9 Å². The summed E-state index contributed by atoms with van der Waals surface area (Å²) in [5, 5.41) is 26.4. The number of carbonyl (C=O) groups is 1. The minimum atomic E-state index is -0.785. The number of nitriles is 1. The fourth-order valence-corrected chi connectivity index (χ4v) is 3.91. The number of carbonyl (C=O) groups excluding carboxylic acids is 1. The lowest BCUT2D eigenvalue weighted by molar-refractivity contribution is -0.114. The molecular weight excluding hydrogens is 406 g/mol. The predicted octanol–water partition coefficient (Wildman–Crippen LogP) is 2.87. The van der Waals surface area contributed by atoms with Gasteiger partial charge in [-0.05, 0) is 48.9 Å². The van der Waals surface area contributed by atoms with Gasteiger partial charge in [0.15, 0.2) is 0 Å². The lowest BCUT2D eigenvalue weighted by Gasteiger charge is -2.16. The van der Waals surface area contributed by atoms with Crippen LogP contribution in [-0.4, -0.2) is 32.6 Å². The Morgan fingerprint density at radius 1 is 1.12 bits per heavy atom. The quantitative estimate of drug-likeness (QED) is 0.436. The zero-order valence-corrected chi connectivity index (χ0v) is 17.8. The Bertz CT molecular complexity index is 1410. The average Bonchev–Trinajstić information content (AvgIpc) is 3.08. The molecule has 2 aromatic heterocycles. The number of aryl methyl sites for hydroxylation is 1. The van der Waals surface area contributed by atoms with E-state index in [1.807, 2.05) is 41.0 Å². The first-order valence-electron chi connectivity index (χ1n) is 10.2. The van der Waals surface area contributed by atoms with Crippen molar-refractivity contribution in [2.24, 2.45) is 0 Å². The molecule has 8 heteroatoms. The monoisotopic (exact) mass is 429 g/mol. The maximum absolute atomic E-state index is 12.7. The van der Waals surface area contributed by atoms with Crippen LogP contribution >= 0.6 is 0 Å². The van der Waals surface area contributed by atoms with Gasteiger partial charge in [-0.2, -0.15) is 5.26 Å². The molecule has 0 aliphatic heterocycles. The minimum absolute atomic E-state index is 0.140. The number of benzene rings is 2. The van der Waals surface area contributed by atoms with Gasteiger partial charge in [-0.25, -0.2) is 0 Å². The van der Waals surface area contributed by atoms with Crippen molar-refractivity contribution in [3.63, 3.8) is 0 Å². The number of nitrogens with zero attached hydrogens (tertiary/aromatic N) is 3. The number of aliphatic hydroxyl groups excluding tert-OH is 1. The van der Waals surface area contributed by atoms with Crippen molar-refractivity contribution in [2.45, 2.75) is 26.5 Å². The van der Waals surface area contributed by atoms with Crippen LogP contribution in [0, 0.1) is 18.3 Å². The molecule has 32 heavy (non-hydrogen) atoms. The third-order valence-electron chi connectivity index (χ3n) is 5.31. The van der Waals surface area contributed by atoms with E-state index in [4.69, 9.17) is 0 Å². The molecule has 0 aliphatic rings. The molecule has 0 aliphatic carbocycles. The number of hydrogen-bond donors (Lipinski definition) is 3. The van der Waals surface area contributed by atoms with Gasteiger partial charge in [0.05, 0.1) is 29.2 Å². The fourth-order valence-electron chi connectivity index (χ4n) is 3.91. The van der Waals surface area contributed by atoms with Crippen molar-refractivity contribution in [1.29, 1.82) is 5.26 Å². The highest BCUT2D eigenvalue weighted by Crippen LogP contribution is 2.24. The van der Waals surface area contributed by atoms with Crippen molar-refractivity contribution in [3.05, 3.63) is 76.1 Å². The van der Waals surface area contributed by atoms with E-state index in [-0.39, 0.29) is 24.6 Å². The van der Waals surface area contributed by atoms with Crippen LogP contribution < -0.4 is 16.2 Å². The molecule has 3 N–H and O–H groups in total. The number of aromatic nitrogens is 2. The Morgan fingerprint density at radius 2 is 1.78 bits per heavy atom. The van der Waals surface area contributed by atoms with Gasteiger partial charge in [0.1, 0.15) is 11.7 Å². The van der Waals surface area contributed by atoms with Gasteiger partial charge in [-0.15, -0.1) is 0 Å². The Kier molecular flexibility index (Phi) is 5.67. The number of aliphatic hydroxyl groups is 1. The minimum Gasteiger partial charge on any atom is -0.389 e. The molecule has 2 aromatic carbocycles. The summed E-state index contributed by atoms with van der Waals surface area (Å²) in [5.74, 6) is -0.140. The first-order valence-corrected chi connectivity index (χ1v) is 10.2. The molecule has 0 radical (unpaired) electrons. The van der Waals surface area contributed by atoms with Gasteiger partial charge in [-0.3, -0.25) is 14.0 Å². The van der Waals surface area contributed by atoms with Gasteiger partial charge in [0.25, 0.3) is 5.56 Å². The highest BCUT2D eigenvalue weighted by molar-refractivity contribution is 5.88. The van der Waals surface area contributed by atoms with E-state index < -0.39 is 6.10 Å². The smallest absolute Gasteiger partial charge is 0.257 e. The summed E-state index contributed by atoms with van der Waals surface area (Å²) in [6.07, 6.45) is -0.785. The lowest BCUT2D eigenvalue weighted by atomic mass is 10.1. The van der Waals surface area contributed by atoms with Crippen LogP contribution in [0.4, 0.5) is 11.4 Å². The van der Waals surface area contributed by atoms with E-state index in [2.05, 4.69) is 16.7 Å². The molecule has 4 rings (SSSR count). The molecule has 0 saturated carbocycles. The summed E-state index contributed by atoms with van der Waals surface area (Å²) >= 11 is 0. The van der Waals surface area contributed by atoms with E-state index in [0.717, 1.165) is 11.2 Å². The van der Waals surface area contributed by atoms with Crippen LogP contribution in [0.5, 0.6) is 0 Å². The second kappa shape index (κ2) is 8.57. The molecule has 1 amide bonds. The number of pyridine rings is 1. The summed E-state index contributed by atoms with van der Waals surface area (Å²) < 4.78 is 3.36. The molecule has 8 nitrogen and oxygen atoms in total. The van der Waals surface area contributed by atoms with E-state index in [9.17, 15) is 20.0 Å². The van der Waals surface area contributed by atoms with E-state index in [1.165, 1.54) is 17.4 Å². The molecule has 0 bridgehead atoms. The zero-order chi connectivity index (χ0) is 22.8.